The highest BCUT2D eigenvalue weighted by Gasteiger charge is 2.26. The summed E-state index contributed by atoms with van der Waals surface area (Å²) < 4.78 is 5.67. The fourth-order valence-corrected chi connectivity index (χ4v) is 3.05. The van der Waals surface area contributed by atoms with Crippen LogP contribution in [0.3, 0.4) is 0 Å². The molecule has 2 N–H and O–H groups in total. The van der Waals surface area contributed by atoms with Crippen molar-refractivity contribution in [3.8, 4) is 0 Å². The molecule has 2 rings (SSSR count). The van der Waals surface area contributed by atoms with Gasteiger partial charge in [-0.15, -0.1) is 0 Å². The summed E-state index contributed by atoms with van der Waals surface area (Å²) in [7, 11) is 1.83. The number of hydrogen-bond acceptors (Lipinski definition) is 4. The summed E-state index contributed by atoms with van der Waals surface area (Å²) in [4.78, 5) is 26.4. The number of ether oxygens (including phenoxy) is 1. The third-order valence-electron chi connectivity index (χ3n) is 4.33. The minimum Gasteiger partial charge on any atom is -0.372 e. The summed E-state index contributed by atoms with van der Waals surface area (Å²) in [6.07, 6.45) is 0.114. The van der Waals surface area contributed by atoms with E-state index in [-0.39, 0.29) is 29.9 Å². The second-order valence-electron chi connectivity index (χ2n) is 6.84. The first-order chi connectivity index (χ1) is 11.9. The number of carbonyl (C=O) groups excluding carboxylic acids is 2. The average Bonchev–Trinajstić information content (AvgIpc) is 2.58. The molecule has 2 amide bonds. The number of rotatable bonds is 6. The van der Waals surface area contributed by atoms with Crippen LogP contribution in [0.4, 0.5) is 0 Å². The Labute approximate surface area is 149 Å². The maximum absolute atomic E-state index is 12.6. The highest BCUT2D eigenvalue weighted by atomic mass is 16.5. The van der Waals surface area contributed by atoms with Crippen LogP contribution in [0.1, 0.15) is 36.7 Å². The quantitative estimate of drug-likeness (QED) is 0.816. The highest BCUT2D eigenvalue weighted by Crippen LogP contribution is 2.15. The van der Waals surface area contributed by atoms with Gasteiger partial charge in [-0.05, 0) is 38.6 Å². The Balaban J connectivity index is 1.91. The number of carbonyl (C=O) groups is 2. The standard InChI is InChI=1S/C19H29N3O3/c1-13(9-20-4)18(23)21-10-16-5-7-17(8-6-16)19(24)22-11-14(2)25-15(3)12-22/h5-8,13-15,20H,9-12H2,1-4H3,(H,21,23). The van der Waals surface area contributed by atoms with Crippen molar-refractivity contribution in [2.75, 3.05) is 26.7 Å². The molecule has 1 fully saturated rings. The molecule has 0 aliphatic carbocycles. The molecule has 1 aromatic carbocycles. The number of amides is 2. The molecule has 1 aromatic rings. The summed E-state index contributed by atoms with van der Waals surface area (Å²) >= 11 is 0. The number of benzene rings is 1. The van der Waals surface area contributed by atoms with E-state index in [9.17, 15) is 9.59 Å². The first-order valence-corrected chi connectivity index (χ1v) is 8.86. The summed E-state index contributed by atoms with van der Waals surface area (Å²) in [5.41, 5.74) is 1.64. The normalized spacial score (nSPS) is 21.7. The van der Waals surface area contributed by atoms with Crippen LogP contribution in [-0.2, 0) is 16.1 Å². The monoisotopic (exact) mass is 347 g/mol. The van der Waals surface area contributed by atoms with Gasteiger partial charge in [-0.25, -0.2) is 0 Å². The summed E-state index contributed by atoms with van der Waals surface area (Å²) in [5.74, 6) is -0.0258. The zero-order valence-electron chi connectivity index (χ0n) is 15.5. The van der Waals surface area contributed by atoms with Gasteiger partial charge in [0.2, 0.25) is 5.91 Å². The molecule has 6 nitrogen and oxygen atoms in total. The van der Waals surface area contributed by atoms with Crippen LogP contribution in [0.25, 0.3) is 0 Å². The fourth-order valence-electron chi connectivity index (χ4n) is 3.05. The lowest BCUT2D eigenvalue weighted by Crippen LogP contribution is -2.48. The maximum atomic E-state index is 12.6. The second kappa shape index (κ2) is 8.97. The molecule has 1 aliphatic rings. The maximum Gasteiger partial charge on any atom is 0.254 e. The number of morpholine rings is 1. The fraction of sp³-hybridized carbons (Fsp3) is 0.579. The number of hydrogen-bond donors (Lipinski definition) is 2. The largest absolute Gasteiger partial charge is 0.372 e. The average molecular weight is 347 g/mol. The van der Waals surface area contributed by atoms with Crippen LogP contribution in [0.2, 0.25) is 0 Å². The minimum atomic E-state index is -0.0730. The molecule has 1 heterocycles. The van der Waals surface area contributed by atoms with E-state index in [0.29, 0.717) is 31.7 Å². The zero-order valence-corrected chi connectivity index (χ0v) is 15.5. The molecule has 3 unspecified atom stereocenters. The van der Waals surface area contributed by atoms with Crippen LogP contribution >= 0.6 is 0 Å². The van der Waals surface area contributed by atoms with E-state index in [1.807, 2.05) is 57.0 Å². The molecule has 138 valence electrons. The van der Waals surface area contributed by atoms with Crippen LogP contribution in [-0.4, -0.2) is 55.6 Å². The van der Waals surface area contributed by atoms with Gasteiger partial charge < -0.3 is 20.3 Å². The predicted octanol–water partition coefficient (Wildman–Crippen LogP) is 1.41. The zero-order chi connectivity index (χ0) is 18.4. The Morgan fingerprint density at radius 2 is 1.80 bits per heavy atom. The Hall–Kier alpha value is -1.92. The Kier molecular flexibility index (Phi) is 6.96. The van der Waals surface area contributed by atoms with Crippen LogP contribution < -0.4 is 10.6 Å². The Bertz CT molecular complexity index is 578. The van der Waals surface area contributed by atoms with Gasteiger partial charge in [0, 0.05) is 37.7 Å². The molecular weight excluding hydrogens is 318 g/mol. The van der Waals surface area contributed by atoms with Gasteiger partial charge in [0.05, 0.1) is 12.2 Å². The summed E-state index contributed by atoms with van der Waals surface area (Å²) in [6.45, 7) is 8.20. The third kappa shape index (κ3) is 5.54. The summed E-state index contributed by atoms with van der Waals surface area (Å²) in [5, 5.41) is 5.91. The Morgan fingerprint density at radius 1 is 1.20 bits per heavy atom. The molecule has 6 heteroatoms. The first-order valence-electron chi connectivity index (χ1n) is 8.86. The van der Waals surface area contributed by atoms with E-state index < -0.39 is 0 Å². The summed E-state index contributed by atoms with van der Waals surface area (Å²) in [6, 6.07) is 7.43. The van der Waals surface area contributed by atoms with Crippen molar-refractivity contribution in [1.29, 1.82) is 0 Å². The van der Waals surface area contributed by atoms with Crippen LogP contribution in [0.5, 0.6) is 0 Å². The van der Waals surface area contributed by atoms with Crippen molar-refractivity contribution < 1.29 is 14.3 Å². The lowest BCUT2D eigenvalue weighted by Gasteiger charge is -2.35. The van der Waals surface area contributed by atoms with Crippen molar-refractivity contribution >= 4 is 11.8 Å². The van der Waals surface area contributed by atoms with E-state index in [0.717, 1.165) is 5.56 Å². The van der Waals surface area contributed by atoms with Crippen molar-refractivity contribution in [1.82, 2.24) is 15.5 Å². The van der Waals surface area contributed by atoms with Gasteiger partial charge in [-0.2, -0.15) is 0 Å². The molecule has 0 radical (unpaired) electrons. The molecule has 0 aromatic heterocycles. The highest BCUT2D eigenvalue weighted by molar-refractivity contribution is 5.94. The molecule has 1 saturated heterocycles. The predicted molar refractivity (Wildman–Crippen MR) is 97.3 cm³/mol. The molecule has 0 saturated carbocycles. The van der Waals surface area contributed by atoms with Crippen molar-refractivity contribution in [3.63, 3.8) is 0 Å². The van der Waals surface area contributed by atoms with E-state index >= 15 is 0 Å². The van der Waals surface area contributed by atoms with E-state index in [4.69, 9.17) is 4.74 Å². The molecule has 1 aliphatic heterocycles. The third-order valence-corrected chi connectivity index (χ3v) is 4.33. The first kappa shape index (κ1) is 19.4. The lowest BCUT2D eigenvalue weighted by molar-refractivity contribution is -0.124. The lowest BCUT2D eigenvalue weighted by atomic mass is 10.1. The molecule has 0 bridgehead atoms. The molecular formula is C19H29N3O3. The second-order valence-corrected chi connectivity index (χ2v) is 6.84. The van der Waals surface area contributed by atoms with Gasteiger partial charge in [-0.3, -0.25) is 9.59 Å². The van der Waals surface area contributed by atoms with Gasteiger partial charge >= 0.3 is 0 Å². The smallest absolute Gasteiger partial charge is 0.254 e. The van der Waals surface area contributed by atoms with Gasteiger partial charge in [0.1, 0.15) is 0 Å². The van der Waals surface area contributed by atoms with Crippen LogP contribution in [0.15, 0.2) is 24.3 Å². The van der Waals surface area contributed by atoms with E-state index in [1.165, 1.54) is 0 Å². The Morgan fingerprint density at radius 3 is 2.36 bits per heavy atom. The SMILES string of the molecule is CNCC(C)C(=O)NCc1ccc(C(=O)N2CC(C)OC(C)C2)cc1. The van der Waals surface area contributed by atoms with Crippen molar-refractivity contribution in [2.24, 2.45) is 5.92 Å². The van der Waals surface area contributed by atoms with Crippen molar-refractivity contribution in [3.05, 3.63) is 35.4 Å². The van der Waals surface area contributed by atoms with Gasteiger partial charge in [-0.1, -0.05) is 19.1 Å². The van der Waals surface area contributed by atoms with Crippen LogP contribution in [0, 0.1) is 5.92 Å². The molecule has 0 spiro atoms. The van der Waals surface area contributed by atoms with Crippen molar-refractivity contribution in [2.45, 2.75) is 39.5 Å². The van der Waals surface area contributed by atoms with E-state index in [2.05, 4.69) is 10.6 Å². The topological polar surface area (TPSA) is 70.7 Å². The number of nitrogens with zero attached hydrogens (tertiary/aromatic N) is 1. The van der Waals surface area contributed by atoms with Gasteiger partial charge in [0.15, 0.2) is 0 Å². The minimum absolute atomic E-state index is 0.0193. The molecule has 25 heavy (non-hydrogen) atoms. The van der Waals surface area contributed by atoms with E-state index in [1.54, 1.807) is 0 Å². The number of nitrogens with one attached hydrogen (secondary N) is 2. The van der Waals surface area contributed by atoms with Gasteiger partial charge in [0.25, 0.3) is 5.91 Å². The molecule has 3 atom stereocenters.